The molecule has 4 rings (SSSR count). The van der Waals surface area contributed by atoms with Gasteiger partial charge in [-0.2, -0.15) is 0 Å². The van der Waals surface area contributed by atoms with Crippen LogP contribution in [0.25, 0.3) is 0 Å². The average Bonchev–Trinajstić information content (AvgIpc) is 3.27. The Morgan fingerprint density at radius 1 is 1.19 bits per heavy atom. The van der Waals surface area contributed by atoms with Crippen molar-refractivity contribution in [1.29, 1.82) is 0 Å². The molecule has 1 saturated carbocycles. The minimum absolute atomic E-state index is 0.268. The summed E-state index contributed by atoms with van der Waals surface area (Å²) in [5.41, 5.74) is 1.34. The molecule has 1 saturated heterocycles. The first-order chi connectivity index (χ1) is 15.3. The van der Waals surface area contributed by atoms with Crippen molar-refractivity contribution in [3.8, 4) is 0 Å². The number of piperidine rings is 1. The van der Waals surface area contributed by atoms with Gasteiger partial charge in [-0.1, -0.05) is 69.0 Å². The Labute approximate surface area is 187 Å². The van der Waals surface area contributed by atoms with Gasteiger partial charge in [-0.05, 0) is 43.2 Å². The number of oxazole rings is 1. The predicted molar refractivity (Wildman–Crippen MR) is 125 cm³/mol. The van der Waals surface area contributed by atoms with Gasteiger partial charge in [0.25, 0.3) is 0 Å². The van der Waals surface area contributed by atoms with Crippen LogP contribution in [0.1, 0.15) is 75.0 Å². The van der Waals surface area contributed by atoms with E-state index in [1.54, 1.807) is 0 Å². The first kappa shape index (κ1) is 22.3. The quantitative estimate of drug-likeness (QED) is 0.452. The van der Waals surface area contributed by atoms with Crippen molar-refractivity contribution >= 4 is 0 Å². The number of likely N-dealkylation sites (tertiary alicyclic amines) is 1. The van der Waals surface area contributed by atoms with Gasteiger partial charge in [0.05, 0.1) is 31.4 Å². The van der Waals surface area contributed by atoms with E-state index in [-0.39, 0.29) is 12.0 Å². The molecule has 1 aromatic heterocycles. The molecule has 2 heterocycles. The fourth-order valence-corrected chi connectivity index (χ4v) is 5.52. The fraction of sp³-hybridized carbons (Fsp3) is 0.593. The number of hydrogen-bond acceptors (Lipinski definition) is 4. The molecule has 1 aliphatic heterocycles. The number of aromatic nitrogens is 1. The summed E-state index contributed by atoms with van der Waals surface area (Å²) in [5, 5.41) is 0. The minimum Gasteiger partial charge on any atom is -0.444 e. The summed E-state index contributed by atoms with van der Waals surface area (Å²) < 4.78 is 12.5. The maximum absolute atomic E-state index is 6.42. The van der Waals surface area contributed by atoms with Crippen molar-refractivity contribution < 1.29 is 9.15 Å². The summed E-state index contributed by atoms with van der Waals surface area (Å²) in [5.74, 6) is 3.40. The van der Waals surface area contributed by atoms with Gasteiger partial charge >= 0.3 is 0 Å². The molecule has 4 heteroatoms. The van der Waals surface area contributed by atoms with E-state index in [9.17, 15) is 0 Å². The lowest BCUT2D eigenvalue weighted by atomic mass is 9.77. The molecule has 4 nitrogen and oxygen atoms in total. The smallest absolute Gasteiger partial charge is 0.202 e. The van der Waals surface area contributed by atoms with Crippen molar-refractivity contribution in [2.24, 2.45) is 11.8 Å². The normalized spacial score (nSPS) is 24.2. The number of rotatable bonds is 9. The summed E-state index contributed by atoms with van der Waals surface area (Å²) in [6, 6.07) is 10.8. The summed E-state index contributed by atoms with van der Waals surface area (Å²) in [6.07, 6.45) is 13.0. The molecule has 0 bridgehead atoms. The first-order valence-corrected chi connectivity index (χ1v) is 12.2. The molecular formula is C27H38N2O2. The predicted octanol–water partition coefficient (Wildman–Crippen LogP) is 6.19. The van der Waals surface area contributed by atoms with E-state index in [0.717, 1.165) is 31.3 Å². The molecule has 0 radical (unpaired) electrons. The van der Waals surface area contributed by atoms with Crippen LogP contribution in [0.3, 0.4) is 0 Å². The van der Waals surface area contributed by atoms with Gasteiger partial charge in [0.15, 0.2) is 0 Å². The summed E-state index contributed by atoms with van der Waals surface area (Å²) >= 11 is 0. The lowest BCUT2D eigenvalue weighted by molar-refractivity contribution is -0.0312. The zero-order chi connectivity index (χ0) is 21.5. The second-order valence-electron chi connectivity index (χ2n) is 9.30. The highest BCUT2D eigenvalue weighted by Crippen LogP contribution is 2.40. The monoisotopic (exact) mass is 422 g/mol. The number of benzene rings is 1. The molecule has 31 heavy (non-hydrogen) atoms. The van der Waals surface area contributed by atoms with Crippen LogP contribution >= 0.6 is 0 Å². The summed E-state index contributed by atoms with van der Waals surface area (Å²) in [6.45, 7) is 9.55. The Hall–Kier alpha value is -1.91. The highest BCUT2D eigenvalue weighted by atomic mass is 16.5. The Balaban J connectivity index is 1.46. The van der Waals surface area contributed by atoms with Gasteiger partial charge in [0.1, 0.15) is 5.76 Å². The topological polar surface area (TPSA) is 38.5 Å². The van der Waals surface area contributed by atoms with Gasteiger partial charge in [-0.25, -0.2) is 4.98 Å². The largest absolute Gasteiger partial charge is 0.444 e. The minimum atomic E-state index is 0.268. The van der Waals surface area contributed by atoms with Gasteiger partial charge in [-0.3, -0.25) is 4.90 Å². The van der Waals surface area contributed by atoms with Crippen LogP contribution in [0.2, 0.25) is 0 Å². The molecule has 0 spiro atoms. The van der Waals surface area contributed by atoms with Crippen molar-refractivity contribution in [1.82, 2.24) is 9.88 Å². The summed E-state index contributed by atoms with van der Waals surface area (Å²) in [7, 11) is 0. The van der Waals surface area contributed by atoms with Crippen LogP contribution in [-0.4, -0.2) is 35.7 Å². The fourth-order valence-electron chi connectivity index (χ4n) is 5.52. The van der Waals surface area contributed by atoms with Crippen LogP contribution < -0.4 is 0 Å². The Kier molecular flexibility index (Phi) is 7.98. The molecule has 2 fully saturated rings. The highest BCUT2D eigenvalue weighted by Gasteiger charge is 2.32. The Morgan fingerprint density at radius 2 is 2.00 bits per heavy atom. The van der Waals surface area contributed by atoms with E-state index in [1.165, 1.54) is 50.5 Å². The van der Waals surface area contributed by atoms with Gasteiger partial charge < -0.3 is 9.15 Å². The van der Waals surface area contributed by atoms with E-state index in [1.807, 2.05) is 12.3 Å². The van der Waals surface area contributed by atoms with Gasteiger partial charge in [-0.15, -0.1) is 6.58 Å². The lowest BCUT2D eigenvalue weighted by Gasteiger charge is -2.37. The lowest BCUT2D eigenvalue weighted by Crippen LogP contribution is -2.44. The van der Waals surface area contributed by atoms with E-state index in [2.05, 4.69) is 48.7 Å². The second-order valence-corrected chi connectivity index (χ2v) is 9.30. The number of hydrogen-bond donors (Lipinski definition) is 0. The van der Waals surface area contributed by atoms with Crippen LogP contribution in [0, 0.1) is 11.8 Å². The van der Waals surface area contributed by atoms with E-state index in [0.29, 0.717) is 18.4 Å². The maximum Gasteiger partial charge on any atom is 0.202 e. The van der Waals surface area contributed by atoms with Crippen molar-refractivity contribution in [3.63, 3.8) is 0 Å². The second kappa shape index (κ2) is 11.1. The van der Waals surface area contributed by atoms with Gasteiger partial charge in [0, 0.05) is 6.54 Å². The van der Waals surface area contributed by atoms with Crippen LogP contribution in [0.4, 0.5) is 0 Å². The number of ether oxygens (including phenoxy) is 1. The molecule has 0 N–H and O–H groups in total. The maximum atomic E-state index is 6.42. The molecule has 3 atom stereocenters. The van der Waals surface area contributed by atoms with Crippen LogP contribution in [0.15, 0.2) is 53.6 Å². The molecule has 3 unspecified atom stereocenters. The van der Waals surface area contributed by atoms with Gasteiger partial charge in [0.2, 0.25) is 5.89 Å². The average molecular weight is 423 g/mol. The number of nitrogens with zero attached hydrogens (tertiary/aromatic N) is 2. The summed E-state index contributed by atoms with van der Waals surface area (Å²) in [4.78, 5) is 7.26. The molecule has 168 valence electrons. The SMILES string of the molecule is C=CCOC1CN(Cc2cnc(C(c3ccccc3)C3CCCCC3)o2)CCC1CC. The van der Waals surface area contributed by atoms with E-state index >= 15 is 0 Å². The highest BCUT2D eigenvalue weighted by molar-refractivity contribution is 5.26. The van der Waals surface area contributed by atoms with E-state index < -0.39 is 0 Å². The molecular weight excluding hydrogens is 384 g/mol. The molecule has 1 aromatic carbocycles. The van der Waals surface area contributed by atoms with Crippen molar-refractivity contribution in [2.75, 3.05) is 19.7 Å². The van der Waals surface area contributed by atoms with Crippen LogP contribution in [0.5, 0.6) is 0 Å². The van der Waals surface area contributed by atoms with Crippen LogP contribution in [-0.2, 0) is 11.3 Å². The molecule has 2 aliphatic rings. The third kappa shape index (κ3) is 5.67. The van der Waals surface area contributed by atoms with Crippen molar-refractivity contribution in [3.05, 3.63) is 66.4 Å². The third-order valence-electron chi connectivity index (χ3n) is 7.23. The first-order valence-electron chi connectivity index (χ1n) is 12.2. The zero-order valence-corrected chi connectivity index (χ0v) is 19.0. The Bertz CT molecular complexity index is 797. The van der Waals surface area contributed by atoms with E-state index in [4.69, 9.17) is 14.1 Å². The zero-order valence-electron chi connectivity index (χ0n) is 19.0. The molecule has 1 aliphatic carbocycles. The molecule has 2 aromatic rings. The third-order valence-corrected chi connectivity index (χ3v) is 7.23. The van der Waals surface area contributed by atoms with Crippen molar-refractivity contribution in [2.45, 2.75) is 70.4 Å². The standard InChI is InChI=1S/C27H38N2O2/c1-3-17-30-25-20-29(16-15-21(25)4-2)19-24-18-28-27(31-24)26(22-11-7-5-8-12-22)23-13-9-6-10-14-23/h3,5,7-8,11-12,18,21,23,25-26H,1,4,6,9-10,13-17,19-20H2,2H3. The Morgan fingerprint density at radius 3 is 2.74 bits per heavy atom. The molecule has 0 amide bonds.